The molecule has 1 fully saturated rings. The van der Waals surface area contributed by atoms with Crippen molar-refractivity contribution < 1.29 is 9.59 Å². The second kappa shape index (κ2) is 8.18. The summed E-state index contributed by atoms with van der Waals surface area (Å²) >= 11 is 12.4. The third-order valence-corrected chi connectivity index (χ3v) is 6.59. The molecule has 1 aliphatic carbocycles. The number of hydrogen-bond acceptors (Lipinski definition) is 2. The van der Waals surface area contributed by atoms with Gasteiger partial charge in [-0.2, -0.15) is 0 Å². The molecular formula is C20H26Cl2N2O2. The van der Waals surface area contributed by atoms with Crippen LogP contribution in [0.3, 0.4) is 0 Å². The minimum absolute atomic E-state index is 0.0189. The van der Waals surface area contributed by atoms with Crippen molar-refractivity contribution in [1.29, 1.82) is 0 Å². The van der Waals surface area contributed by atoms with Crippen molar-refractivity contribution in [1.82, 2.24) is 10.2 Å². The van der Waals surface area contributed by atoms with Gasteiger partial charge in [-0.25, -0.2) is 0 Å². The molecule has 1 N–H and O–H groups in total. The van der Waals surface area contributed by atoms with Gasteiger partial charge in [0.15, 0.2) is 0 Å². The van der Waals surface area contributed by atoms with Gasteiger partial charge in [0, 0.05) is 19.0 Å². The highest BCUT2D eigenvalue weighted by Crippen LogP contribution is 2.39. The Kier molecular flexibility index (Phi) is 6.13. The Balaban J connectivity index is 1.65. The molecule has 1 heterocycles. The molecule has 6 heteroatoms. The van der Waals surface area contributed by atoms with Crippen LogP contribution >= 0.6 is 23.2 Å². The summed E-state index contributed by atoms with van der Waals surface area (Å²) < 4.78 is 0. The highest BCUT2D eigenvalue weighted by molar-refractivity contribution is 6.42. The number of carbonyl (C=O) groups is 2. The van der Waals surface area contributed by atoms with Gasteiger partial charge in [-0.05, 0) is 49.3 Å². The fourth-order valence-electron chi connectivity index (χ4n) is 3.95. The molecule has 3 unspecified atom stereocenters. The minimum Gasteiger partial charge on any atom is -0.349 e. The number of halogens is 2. The van der Waals surface area contributed by atoms with E-state index in [0.29, 0.717) is 16.6 Å². The van der Waals surface area contributed by atoms with Crippen LogP contribution in [0.1, 0.15) is 56.7 Å². The maximum Gasteiger partial charge on any atom is 0.225 e. The van der Waals surface area contributed by atoms with Crippen molar-refractivity contribution in [3.8, 4) is 0 Å². The molecule has 0 spiro atoms. The van der Waals surface area contributed by atoms with E-state index < -0.39 is 0 Å². The van der Waals surface area contributed by atoms with Crippen LogP contribution in [0.4, 0.5) is 0 Å². The minimum atomic E-state index is -0.136. The zero-order valence-corrected chi connectivity index (χ0v) is 16.9. The van der Waals surface area contributed by atoms with Gasteiger partial charge in [0.25, 0.3) is 0 Å². The van der Waals surface area contributed by atoms with E-state index in [0.717, 1.165) is 49.8 Å². The zero-order valence-electron chi connectivity index (χ0n) is 15.4. The fraction of sp³-hybridized carbons (Fsp3) is 0.600. The molecule has 0 aromatic heterocycles. The maximum absolute atomic E-state index is 12.8. The van der Waals surface area contributed by atoms with Gasteiger partial charge in [0.05, 0.1) is 22.0 Å². The van der Waals surface area contributed by atoms with Gasteiger partial charge in [-0.3, -0.25) is 9.59 Å². The summed E-state index contributed by atoms with van der Waals surface area (Å²) in [6.45, 7) is 5.26. The number of fused-ring (bicyclic) bond motifs is 1. The normalized spacial score (nSPS) is 23.5. The number of nitrogens with zero attached hydrogens (tertiary/aromatic N) is 1. The molecule has 142 valence electrons. The second-order valence-corrected chi connectivity index (χ2v) is 8.25. The first-order chi connectivity index (χ1) is 12.4. The quantitative estimate of drug-likeness (QED) is 0.820. The van der Waals surface area contributed by atoms with E-state index >= 15 is 0 Å². The monoisotopic (exact) mass is 396 g/mol. The molecule has 26 heavy (non-hydrogen) atoms. The van der Waals surface area contributed by atoms with Crippen LogP contribution in [-0.4, -0.2) is 29.8 Å². The lowest BCUT2D eigenvalue weighted by molar-refractivity contribution is -0.139. The number of piperidine rings is 1. The van der Waals surface area contributed by atoms with Gasteiger partial charge in [-0.1, -0.05) is 43.1 Å². The Morgan fingerprint density at radius 3 is 2.81 bits per heavy atom. The Labute approximate surface area is 165 Å². The number of likely N-dealkylation sites (tertiary alicyclic amines) is 1. The smallest absolute Gasteiger partial charge is 0.225 e. The predicted molar refractivity (Wildman–Crippen MR) is 104 cm³/mol. The number of nitrogens with one attached hydrogen (secondary N) is 1. The van der Waals surface area contributed by atoms with Crippen LogP contribution in [0, 0.1) is 11.8 Å². The molecule has 2 amide bonds. The fourth-order valence-corrected chi connectivity index (χ4v) is 4.39. The van der Waals surface area contributed by atoms with Crippen LogP contribution in [-0.2, 0) is 16.0 Å². The number of rotatable bonds is 4. The Morgan fingerprint density at radius 2 is 2.08 bits per heavy atom. The summed E-state index contributed by atoms with van der Waals surface area (Å²) in [5.74, 6) is 0.0854. The van der Waals surface area contributed by atoms with Gasteiger partial charge in [0.2, 0.25) is 11.8 Å². The molecule has 2 aliphatic rings. The summed E-state index contributed by atoms with van der Waals surface area (Å²) in [6.07, 6.45) is 4.20. The molecular weight excluding hydrogens is 371 g/mol. The first-order valence-corrected chi connectivity index (χ1v) is 10.2. The SMILES string of the molecule is CCC(C)C(=O)N1CCCC(C(=O)NC2CCc3c2ccc(Cl)c3Cl)C1. The van der Waals surface area contributed by atoms with Gasteiger partial charge in [-0.15, -0.1) is 0 Å². The topological polar surface area (TPSA) is 49.4 Å². The van der Waals surface area contributed by atoms with Crippen LogP contribution in [0.25, 0.3) is 0 Å². The first kappa shape index (κ1) is 19.5. The molecule has 0 radical (unpaired) electrons. The average Bonchev–Trinajstić information content (AvgIpc) is 3.06. The third-order valence-electron chi connectivity index (χ3n) is 5.75. The van der Waals surface area contributed by atoms with E-state index in [1.54, 1.807) is 6.07 Å². The molecule has 3 rings (SSSR count). The summed E-state index contributed by atoms with van der Waals surface area (Å²) in [4.78, 5) is 27.1. The Hall–Kier alpha value is -1.26. The molecule has 1 saturated heterocycles. The average molecular weight is 397 g/mol. The third kappa shape index (κ3) is 3.86. The van der Waals surface area contributed by atoms with E-state index in [1.807, 2.05) is 24.8 Å². The van der Waals surface area contributed by atoms with Crippen molar-refractivity contribution in [2.45, 2.75) is 52.0 Å². The van der Waals surface area contributed by atoms with E-state index in [9.17, 15) is 9.59 Å². The van der Waals surface area contributed by atoms with Gasteiger partial charge in [0.1, 0.15) is 0 Å². The largest absolute Gasteiger partial charge is 0.349 e. The van der Waals surface area contributed by atoms with Crippen LogP contribution in [0.15, 0.2) is 12.1 Å². The predicted octanol–water partition coefficient (Wildman–Crippen LogP) is 4.38. The Bertz CT molecular complexity index is 707. The van der Waals surface area contributed by atoms with Gasteiger partial charge < -0.3 is 10.2 Å². The van der Waals surface area contributed by atoms with Crippen molar-refractivity contribution in [2.75, 3.05) is 13.1 Å². The number of benzene rings is 1. The molecule has 1 aliphatic heterocycles. The number of carbonyl (C=O) groups excluding carboxylic acids is 2. The second-order valence-electron chi connectivity index (χ2n) is 7.46. The van der Waals surface area contributed by atoms with Crippen LogP contribution in [0.5, 0.6) is 0 Å². The van der Waals surface area contributed by atoms with E-state index in [-0.39, 0.29) is 29.7 Å². The summed E-state index contributed by atoms with van der Waals surface area (Å²) in [6, 6.07) is 3.73. The van der Waals surface area contributed by atoms with Crippen LogP contribution in [0.2, 0.25) is 10.0 Å². The van der Waals surface area contributed by atoms with E-state index in [1.165, 1.54) is 0 Å². The molecule has 0 bridgehead atoms. The lowest BCUT2D eigenvalue weighted by atomic mass is 9.95. The molecule has 1 aromatic rings. The standard InChI is InChI=1S/C20H26Cl2N2O2/c1-3-12(2)20(26)24-10-4-5-13(11-24)19(25)23-17-9-7-15-14(17)6-8-16(21)18(15)22/h6,8,12-13,17H,3-5,7,9-11H2,1-2H3,(H,23,25). The number of hydrogen-bond donors (Lipinski definition) is 1. The molecule has 3 atom stereocenters. The summed E-state index contributed by atoms with van der Waals surface area (Å²) in [5, 5.41) is 4.34. The zero-order chi connectivity index (χ0) is 18.8. The van der Waals surface area contributed by atoms with E-state index in [2.05, 4.69) is 5.32 Å². The highest BCUT2D eigenvalue weighted by atomic mass is 35.5. The summed E-state index contributed by atoms with van der Waals surface area (Å²) in [5.41, 5.74) is 2.11. The maximum atomic E-state index is 12.8. The molecule has 0 saturated carbocycles. The van der Waals surface area contributed by atoms with Gasteiger partial charge >= 0.3 is 0 Å². The lowest BCUT2D eigenvalue weighted by Gasteiger charge is -2.34. The van der Waals surface area contributed by atoms with Crippen molar-refractivity contribution in [3.05, 3.63) is 33.3 Å². The molecule has 1 aromatic carbocycles. The lowest BCUT2D eigenvalue weighted by Crippen LogP contribution is -2.47. The van der Waals surface area contributed by atoms with Crippen molar-refractivity contribution in [3.63, 3.8) is 0 Å². The highest BCUT2D eigenvalue weighted by Gasteiger charge is 2.33. The summed E-state index contributed by atoms with van der Waals surface area (Å²) in [7, 11) is 0. The van der Waals surface area contributed by atoms with E-state index in [4.69, 9.17) is 23.2 Å². The number of amides is 2. The van der Waals surface area contributed by atoms with Crippen molar-refractivity contribution >= 4 is 35.0 Å². The van der Waals surface area contributed by atoms with Crippen LogP contribution < -0.4 is 5.32 Å². The van der Waals surface area contributed by atoms with Crippen molar-refractivity contribution in [2.24, 2.45) is 11.8 Å². The Morgan fingerprint density at radius 1 is 1.31 bits per heavy atom. The first-order valence-electron chi connectivity index (χ1n) is 9.48. The molecule has 4 nitrogen and oxygen atoms in total.